The monoisotopic (exact) mass is 524 g/mol. The largest absolute Gasteiger partial charge is 0.469 e. The van der Waals surface area contributed by atoms with Crippen molar-refractivity contribution in [3.05, 3.63) is 30.3 Å². The minimum atomic E-state index is -0.175. The standard InChI is InChI=1S/C33H52N2O3/c1-22(10-13-31(37)38-4)26-11-12-27-25-21-30(36)29-20-24(35-19-18-34-23-8-6-5-7-9-23)14-16-33(29,3)28(25)15-17-32(26,27)2/h5-9,22,24-30,34-36H,10-21H2,1-4H3/t22-,24+,25?,26-,27?,28?,29+,30-,32-,33-/m1/s1. The number of benzene rings is 1. The van der Waals surface area contributed by atoms with E-state index in [-0.39, 0.29) is 17.5 Å². The first-order valence-corrected chi connectivity index (χ1v) is 15.5. The van der Waals surface area contributed by atoms with Gasteiger partial charge in [0.25, 0.3) is 0 Å². The maximum absolute atomic E-state index is 11.8. The van der Waals surface area contributed by atoms with E-state index in [4.69, 9.17) is 4.74 Å². The zero-order valence-corrected chi connectivity index (χ0v) is 24.3. The van der Waals surface area contributed by atoms with Crippen LogP contribution < -0.4 is 10.6 Å². The Labute approximate surface area is 230 Å². The van der Waals surface area contributed by atoms with E-state index in [2.05, 4.69) is 61.7 Å². The number of nitrogens with one attached hydrogen (secondary N) is 2. The van der Waals surface area contributed by atoms with E-state index in [9.17, 15) is 9.90 Å². The van der Waals surface area contributed by atoms with E-state index < -0.39 is 0 Å². The van der Waals surface area contributed by atoms with E-state index in [1.165, 1.54) is 51.3 Å². The molecule has 4 aliphatic carbocycles. The summed E-state index contributed by atoms with van der Waals surface area (Å²) in [5.74, 6) is 3.70. The average molecular weight is 525 g/mol. The molecule has 4 aliphatic rings. The molecule has 38 heavy (non-hydrogen) atoms. The number of esters is 1. The third-order valence-corrected chi connectivity index (χ3v) is 12.1. The zero-order valence-electron chi connectivity index (χ0n) is 24.3. The first kappa shape index (κ1) is 28.0. The summed E-state index contributed by atoms with van der Waals surface area (Å²) < 4.78 is 4.92. The number of rotatable bonds is 9. The molecule has 212 valence electrons. The quantitative estimate of drug-likeness (QED) is 0.262. The molecule has 3 unspecified atom stereocenters. The summed E-state index contributed by atoms with van der Waals surface area (Å²) in [7, 11) is 1.50. The minimum absolute atomic E-state index is 0.0767. The molecule has 0 spiro atoms. The van der Waals surface area contributed by atoms with Gasteiger partial charge in [0.15, 0.2) is 0 Å². The SMILES string of the molecule is COC(=O)CC[C@@H](C)[C@H]1CCC2C3C[C@@H](O)[C@@H]4C[C@@H](NCCNc5ccccc5)CC[C@]4(C)C3CC[C@@]21C. The van der Waals surface area contributed by atoms with Crippen LogP contribution >= 0.6 is 0 Å². The van der Waals surface area contributed by atoms with Crippen molar-refractivity contribution in [1.82, 2.24) is 5.32 Å². The number of para-hydroxylation sites is 1. The Bertz CT molecular complexity index is 939. The lowest BCUT2D eigenvalue weighted by atomic mass is 9.43. The summed E-state index contributed by atoms with van der Waals surface area (Å²) in [6.45, 7) is 9.35. The van der Waals surface area contributed by atoms with Crippen molar-refractivity contribution in [3.63, 3.8) is 0 Å². The maximum atomic E-state index is 11.8. The second-order valence-electron chi connectivity index (χ2n) is 13.8. The molecule has 1 aromatic carbocycles. The number of anilines is 1. The number of carbonyl (C=O) groups is 1. The Balaban J connectivity index is 1.19. The number of carbonyl (C=O) groups excluding carboxylic acids is 1. The van der Waals surface area contributed by atoms with Crippen LogP contribution in [0.3, 0.4) is 0 Å². The van der Waals surface area contributed by atoms with Crippen molar-refractivity contribution in [2.75, 3.05) is 25.5 Å². The second-order valence-corrected chi connectivity index (χ2v) is 13.8. The van der Waals surface area contributed by atoms with Crippen molar-refractivity contribution in [2.24, 2.45) is 46.3 Å². The van der Waals surface area contributed by atoms with Gasteiger partial charge in [-0.25, -0.2) is 0 Å². The number of ether oxygens (including phenoxy) is 1. The molecule has 0 heterocycles. The Morgan fingerprint density at radius 3 is 2.50 bits per heavy atom. The highest BCUT2D eigenvalue weighted by Gasteiger charge is 2.62. The van der Waals surface area contributed by atoms with E-state index in [1.807, 2.05) is 0 Å². The topological polar surface area (TPSA) is 70.6 Å². The summed E-state index contributed by atoms with van der Waals surface area (Å²) >= 11 is 0. The van der Waals surface area contributed by atoms with Gasteiger partial charge in [-0.2, -0.15) is 0 Å². The Hall–Kier alpha value is -1.59. The highest BCUT2D eigenvalue weighted by Crippen LogP contribution is 2.68. The first-order valence-electron chi connectivity index (χ1n) is 15.5. The molecular formula is C33H52N2O3. The second kappa shape index (κ2) is 11.5. The summed E-state index contributed by atoms with van der Waals surface area (Å²) in [4.78, 5) is 11.8. The summed E-state index contributed by atoms with van der Waals surface area (Å²) in [6.07, 6.45) is 11.1. The van der Waals surface area contributed by atoms with Crippen LogP contribution in [0.15, 0.2) is 30.3 Å². The Morgan fingerprint density at radius 2 is 1.74 bits per heavy atom. The molecule has 5 nitrogen and oxygen atoms in total. The van der Waals surface area contributed by atoms with Gasteiger partial charge in [-0.05, 0) is 116 Å². The van der Waals surface area contributed by atoms with Crippen LogP contribution in [-0.2, 0) is 9.53 Å². The molecule has 3 N–H and O–H groups in total. The van der Waals surface area contributed by atoms with Gasteiger partial charge in [0.05, 0.1) is 13.2 Å². The lowest BCUT2D eigenvalue weighted by Crippen LogP contribution is -2.59. The van der Waals surface area contributed by atoms with Crippen LogP contribution in [0, 0.1) is 46.3 Å². The third kappa shape index (κ3) is 5.27. The number of hydrogen-bond donors (Lipinski definition) is 3. The van der Waals surface area contributed by atoms with Crippen molar-refractivity contribution < 1.29 is 14.6 Å². The van der Waals surface area contributed by atoms with Crippen molar-refractivity contribution in [1.29, 1.82) is 0 Å². The van der Waals surface area contributed by atoms with Crippen LogP contribution in [0.2, 0.25) is 0 Å². The minimum Gasteiger partial charge on any atom is -0.469 e. The lowest BCUT2D eigenvalue weighted by molar-refractivity contribution is -0.162. The molecule has 4 saturated carbocycles. The molecule has 0 aliphatic heterocycles. The molecular weight excluding hydrogens is 472 g/mol. The predicted octanol–water partition coefficient (Wildman–Crippen LogP) is 6.28. The zero-order chi connectivity index (χ0) is 26.9. The predicted molar refractivity (Wildman–Crippen MR) is 154 cm³/mol. The van der Waals surface area contributed by atoms with Crippen LogP contribution in [-0.4, -0.2) is 43.4 Å². The fraction of sp³-hybridized carbons (Fsp3) is 0.788. The first-order chi connectivity index (χ1) is 18.3. The number of methoxy groups -OCH3 is 1. The maximum Gasteiger partial charge on any atom is 0.305 e. The average Bonchev–Trinajstić information content (AvgIpc) is 3.28. The van der Waals surface area contributed by atoms with Crippen molar-refractivity contribution >= 4 is 11.7 Å². The number of aliphatic hydroxyl groups is 1. The van der Waals surface area contributed by atoms with E-state index in [1.54, 1.807) is 0 Å². The van der Waals surface area contributed by atoms with E-state index in [0.29, 0.717) is 41.5 Å². The number of aliphatic hydroxyl groups excluding tert-OH is 1. The van der Waals surface area contributed by atoms with Crippen LogP contribution in [0.5, 0.6) is 0 Å². The van der Waals surface area contributed by atoms with Crippen molar-refractivity contribution in [3.8, 4) is 0 Å². The number of fused-ring (bicyclic) bond motifs is 5. The normalized spacial score (nSPS) is 40.9. The molecule has 0 aromatic heterocycles. The third-order valence-electron chi connectivity index (χ3n) is 12.1. The summed E-state index contributed by atoms with van der Waals surface area (Å²) in [6, 6.07) is 10.9. The molecule has 5 rings (SSSR count). The molecule has 0 radical (unpaired) electrons. The van der Waals surface area contributed by atoms with Gasteiger partial charge in [0.1, 0.15) is 0 Å². The van der Waals surface area contributed by atoms with E-state index >= 15 is 0 Å². The highest BCUT2D eigenvalue weighted by atomic mass is 16.5. The molecule has 5 heteroatoms. The van der Waals surface area contributed by atoms with Crippen molar-refractivity contribution in [2.45, 2.75) is 97.1 Å². The van der Waals surface area contributed by atoms with Gasteiger partial charge < -0.3 is 20.5 Å². The van der Waals surface area contributed by atoms with Gasteiger partial charge in [0.2, 0.25) is 0 Å². The molecule has 4 fully saturated rings. The summed E-state index contributed by atoms with van der Waals surface area (Å²) in [5.41, 5.74) is 1.79. The molecule has 0 saturated heterocycles. The van der Waals surface area contributed by atoms with Gasteiger partial charge in [-0.15, -0.1) is 0 Å². The molecule has 0 bridgehead atoms. The summed E-state index contributed by atoms with van der Waals surface area (Å²) in [5, 5.41) is 18.9. The molecule has 0 amide bonds. The lowest BCUT2D eigenvalue weighted by Gasteiger charge is -2.62. The van der Waals surface area contributed by atoms with E-state index in [0.717, 1.165) is 44.2 Å². The fourth-order valence-electron chi connectivity index (χ4n) is 10.1. The smallest absolute Gasteiger partial charge is 0.305 e. The van der Waals surface area contributed by atoms with Crippen LogP contribution in [0.4, 0.5) is 5.69 Å². The van der Waals surface area contributed by atoms with Gasteiger partial charge >= 0.3 is 5.97 Å². The molecule has 10 atom stereocenters. The van der Waals surface area contributed by atoms with Gasteiger partial charge in [-0.3, -0.25) is 4.79 Å². The van der Waals surface area contributed by atoms with Gasteiger partial charge in [-0.1, -0.05) is 39.0 Å². The Morgan fingerprint density at radius 1 is 1.00 bits per heavy atom. The van der Waals surface area contributed by atoms with Crippen LogP contribution in [0.1, 0.15) is 85.0 Å². The number of hydrogen-bond acceptors (Lipinski definition) is 5. The van der Waals surface area contributed by atoms with Gasteiger partial charge in [0, 0.05) is 31.2 Å². The fourth-order valence-corrected chi connectivity index (χ4v) is 10.1. The Kier molecular flexibility index (Phi) is 8.45. The molecule has 1 aromatic rings. The highest BCUT2D eigenvalue weighted by molar-refractivity contribution is 5.69. The van der Waals surface area contributed by atoms with Crippen LogP contribution in [0.25, 0.3) is 0 Å².